The van der Waals surface area contributed by atoms with Gasteiger partial charge in [-0.05, 0) is 53.9 Å². The van der Waals surface area contributed by atoms with Crippen molar-refractivity contribution < 1.29 is 9.59 Å². The molecule has 0 spiro atoms. The number of carbonyl (C=O) groups excluding carboxylic acids is 2. The highest BCUT2D eigenvalue weighted by Gasteiger charge is 2.12. The lowest BCUT2D eigenvalue weighted by Crippen LogP contribution is -2.26. The van der Waals surface area contributed by atoms with Crippen LogP contribution in [0.1, 0.15) is 39.2 Å². The van der Waals surface area contributed by atoms with Gasteiger partial charge in [-0.15, -0.1) is 0 Å². The van der Waals surface area contributed by atoms with Crippen LogP contribution in [0.15, 0.2) is 73.1 Å². The van der Waals surface area contributed by atoms with Crippen LogP contribution < -0.4 is 11.1 Å². The van der Waals surface area contributed by atoms with Crippen LogP contribution in [-0.4, -0.2) is 16.8 Å². The fourth-order valence-electron chi connectivity index (χ4n) is 2.65. The van der Waals surface area contributed by atoms with E-state index in [1.807, 2.05) is 49.5 Å². The maximum Gasteiger partial charge on any atom is 0.251 e. The van der Waals surface area contributed by atoms with E-state index in [1.165, 1.54) is 0 Å². The van der Waals surface area contributed by atoms with Crippen molar-refractivity contribution in [1.29, 1.82) is 0 Å². The fourth-order valence-corrected chi connectivity index (χ4v) is 2.65. The molecule has 0 fully saturated rings. The molecule has 0 saturated carbocycles. The van der Waals surface area contributed by atoms with Crippen molar-refractivity contribution in [2.75, 3.05) is 0 Å². The highest BCUT2D eigenvalue weighted by molar-refractivity contribution is 5.97. The molecule has 26 heavy (non-hydrogen) atoms. The van der Waals surface area contributed by atoms with Crippen molar-refractivity contribution in [3.63, 3.8) is 0 Å². The number of primary amides is 1. The molecular formula is C21H19N3O2. The molecule has 1 atom stereocenters. The number of nitrogens with one attached hydrogen (secondary N) is 1. The maximum atomic E-state index is 12.4. The summed E-state index contributed by atoms with van der Waals surface area (Å²) in [7, 11) is 0. The van der Waals surface area contributed by atoms with E-state index in [1.54, 1.807) is 30.5 Å². The van der Waals surface area contributed by atoms with Gasteiger partial charge in [0.1, 0.15) is 0 Å². The number of amides is 2. The summed E-state index contributed by atoms with van der Waals surface area (Å²) in [6.45, 7) is 1.93. The lowest BCUT2D eigenvalue weighted by Gasteiger charge is -2.15. The van der Waals surface area contributed by atoms with E-state index < -0.39 is 5.91 Å². The number of hydrogen-bond acceptors (Lipinski definition) is 3. The Labute approximate surface area is 151 Å². The predicted molar refractivity (Wildman–Crippen MR) is 101 cm³/mol. The third-order valence-corrected chi connectivity index (χ3v) is 4.18. The Balaban J connectivity index is 1.68. The highest BCUT2D eigenvalue weighted by Crippen LogP contribution is 2.21. The Hall–Kier alpha value is -3.47. The third kappa shape index (κ3) is 3.95. The van der Waals surface area contributed by atoms with Crippen molar-refractivity contribution in [3.8, 4) is 11.1 Å². The van der Waals surface area contributed by atoms with Crippen molar-refractivity contribution in [2.24, 2.45) is 5.73 Å². The molecule has 0 bridgehead atoms. The quantitative estimate of drug-likeness (QED) is 0.744. The van der Waals surface area contributed by atoms with E-state index in [4.69, 9.17) is 5.73 Å². The highest BCUT2D eigenvalue weighted by atomic mass is 16.2. The van der Waals surface area contributed by atoms with Crippen LogP contribution >= 0.6 is 0 Å². The van der Waals surface area contributed by atoms with Gasteiger partial charge in [-0.3, -0.25) is 14.6 Å². The zero-order valence-corrected chi connectivity index (χ0v) is 14.3. The van der Waals surface area contributed by atoms with Gasteiger partial charge in [-0.25, -0.2) is 0 Å². The zero-order chi connectivity index (χ0) is 18.5. The Morgan fingerprint density at radius 2 is 1.58 bits per heavy atom. The number of pyridine rings is 1. The minimum absolute atomic E-state index is 0.152. The SMILES string of the molecule is CC(NC(=O)c1ccc(C(N)=O)cc1)c1ccc(-c2cccnc2)cc1. The number of nitrogens with two attached hydrogens (primary N) is 1. The molecule has 0 aliphatic carbocycles. The summed E-state index contributed by atoms with van der Waals surface area (Å²) >= 11 is 0. The van der Waals surface area contributed by atoms with Crippen LogP contribution in [0.25, 0.3) is 11.1 Å². The van der Waals surface area contributed by atoms with Crippen molar-refractivity contribution in [3.05, 3.63) is 89.7 Å². The van der Waals surface area contributed by atoms with E-state index in [-0.39, 0.29) is 11.9 Å². The van der Waals surface area contributed by atoms with Gasteiger partial charge in [0, 0.05) is 23.5 Å². The van der Waals surface area contributed by atoms with Gasteiger partial charge >= 0.3 is 0 Å². The van der Waals surface area contributed by atoms with Crippen molar-refractivity contribution in [2.45, 2.75) is 13.0 Å². The topological polar surface area (TPSA) is 85.1 Å². The molecule has 1 unspecified atom stereocenters. The monoisotopic (exact) mass is 345 g/mol. The summed E-state index contributed by atoms with van der Waals surface area (Å²) in [6, 6.07) is 18.0. The number of rotatable bonds is 5. The molecular weight excluding hydrogens is 326 g/mol. The first-order chi connectivity index (χ1) is 12.5. The first-order valence-electron chi connectivity index (χ1n) is 8.25. The first kappa shape index (κ1) is 17.4. The molecule has 0 aliphatic heterocycles. The molecule has 0 radical (unpaired) electrons. The number of nitrogens with zero attached hydrogens (tertiary/aromatic N) is 1. The fraction of sp³-hybridized carbons (Fsp3) is 0.0952. The molecule has 3 N–H and O–H groups in total. The minimum Gasteiger partial charge on any atom is -0.366 e. The van der Waals surface area contributed by atoms with Gasteiger partial charge in [0.05, 0.1) is 6.04 Å². The average Bonchev–Trinajstić information content (AvgIpc) is 2.68. The summed E-state index contributed by atoms with van der Waals surface area (Å²) in [5, 5.41) is 2.95. The summed E-state index contributed by atoms with van der Waals surface area (Å²) in [5.74, 6) is -0.719. The molecule has 0 aliphatic rings. The smallest absolute Gasteiger partial charge is 0.251 e. The molecule has 5 heteroatoms. The van der Waals surface area contributed by atoms with E-state index in [2.05, 4.69) is 10.3 Å². The van der Waals surface area contributed by atoms with Crippen molar-refractivity contribution >= 4 is 11.8 Å². The van der Waals surface area contributed by atoms with Gasteiger partial charge in [0.15, 0.2) is 0 Å². The van der Waals surface area contributed by atoms with Crippen LogP contribution in [0.2, 0.25) is 0 Å². The Bertz CT molecular complexity index is 904. The second-order valence-electron chi connectivity index (χ2n) is 6.00. The second-order valence-corrected chi connectivity index (χ2v) is 6.00. The van der Waals surface area contributed by atoms with E-state index in [9.17, 15) is 9.59 Å². The predicted octanol–water partition coefficient (Wildman–Crippen LogP) is 3.34. The van der Waals surface area contributed by atoms with Crippen LogP contribution in [0.5, 0.6) is 0 Å². The van der Waals surface area contributed by atoms with Crippen LogP contribution in [0, 0.1) is 0 Å². The number of benzene rings is 2. The molecule has 3 aromatic rings. The van der Waals surface area contributed by atoms with Crippen LogP contribution in [-0.2, 0) is 0 Å². The third-order valence-electron chi connectivity index (χ3n) is 4.18. The van der Waals surface area contributed by atoms with E-state index >= 15 is 0 Å². The largest absolute Gasteiger partial charge is 0.366 e. The van der Waals surface area contributed by atoms with Gasteiger partial charge in [-0.2, -0.15) is 0 Å². The van der Waals surface area contributed by atoms with Gasteiger partial charge in [0.25, 0.3) is 5.91 Å². The molecule has 1 aromatic heterocycles. The normalized spacial score (nSPS) is 11.6. The van der Waals surface area contributed by atoms with Gasteiger partial charge in [-0.1, -0.05) is 30.3 Å². The summed E-state index contributed by atoms with van der Waals surface area (Å²) in [5.41, 5.74) is 9.18. The number of aromatic nitrogens is 1. The summed E-state index contributed by atoms with van der Waals surface area (Å²) in [6.07, 6.45) is 3.56. The molecule has 2 amide bonds. The Morgan fingerprint density at radius 3 is 2.15 bits per heavy atom. The Kier molecular flexibility index (Phi) is 5.08. The zero-order valence-electron chi connectivity index (χ0n) is 14.3. The standard InChI is InChI=1S/C21H19N3O2/c1-14(24-21(26)18-10-8-17(9-11-18)20(22)25)15-4-6-16(7-5-15)19-3-2-12-23-13-19/h2-14H,1H3,(H2,22,25)(H,24,26). The van der Waals surface area contributed by atoms with Crippen LogP contribution in [0.4, 0.5) is 0 Å². The first-order valence-corrected chi connectivity index (χ1v) is 8.25. The lowest BCUT2D eigenvalue weighted by molar-refractivity contribution is 0.0937. The minimum atomic E-state index is -0.515. The lowest BCUT2D eigenvalue weighted by atomic mass is 10.0. The second kappa shape index (κ2) is 7.61. The maximum absolute atomic E-state index is 12.4. The van der Waals surface area contributed by atoms with E-state index in [0.717, 1.165) is 16.7 Å². The number of hydrogen-bond donors (Lipinski definition) is 2. The molecule has 1 heterocycles. The van der Waals surface area contributed by atoms with E-state index in [0.29, 0.717) is 11.1 Å². The Morgan fingerprint density at radius 1 is 0.923 bits per heavy atom. The molecule has 3 rings (SSSR count). The molecule has 130 valence electrons. The van der Waals surface area contributed by atoms with Gasteiger partial charge < -0.3 is 11.1 Å². The molecule has 5 nitrogen and oxygen atoms in total. The summed E-state index contributed by atoms with van der Waals surface area (Å²) < 4.78 is 0. The molecule has 2 aromatic carbocycles. The van der Waals surface area contributed by atoms with Crippen molar-refractivity contribution in [1.82, 2.24) is 10.3 Å². The summed E-state index contributed by atoms with van der Waals surface area (Å²) in [4.78, 5) is 27.6. The average molecular weight is 345 g/mol. The number of carbonyl (C=O) groups is 2. The van der Waals surface area contributed by atoms with Crippen LogP contribution in [0.3, 0.4) is 0 Å². The van der Waals surface area contributed by atoms with Gasteiger partial charge in [0.2, 0.25) is 5.91 Å². The molecule has 0 saturated heterocycles.